The molecule has 0 unspecified atom stereocenters. The van der Waals surface area contributed by atoms with E-state index in [9.17, 15) is 10.1 Å². The highest BCUT2D eigenvalue weighted by atomic mass is 32.2. The summed E-state index contributed by atoms with van der Waals surface area (Å²) in [6.07, 6.45) is 0. The molecule has 0 aromatic heterocycles. The first-order chi connectivity index (χ1) is 15.5. The lowest BCUT2D eigenvalue weighted by molar-refractivity contribution is -0.122. The van der Waals surface area contributed by atoms with E-state index in [0.29, 0.717) is 27.9 Å². The monoisotopic (exact) mass is 461 g/mol. The number of amides is 1. The van der Waals surface area contributed by atoms with E-state index in [1.807, 2.05) is 67.6 Å². The Morgan fingerprint density at radius 2 is 1.97 bits per heavy atom. The van der Waals surface area contributed by atoms with Crippen molar-refractivity contribution in [3.63, 3.8) is 0 Å². The van der Waals surface area contributed by atoms with Gasteiger partial charge in [-0.15, -0.1) is 0 Å². The fourth-order valence-corrected chi connectivity index (χ4v) is 5.54. The Bertz CT molecular complexity index is 1180. The molecule has 4 rings (SSSR count). The number of amidine groups is 1. The van der Waals surface area contributed by atoms with Gasteiger partial charge in [0.05, 0.1) is 34.6 Å². The first kappa shape index (κ1) is 22.1. The molecular formula is C24H23N5OS2. The summed E-state index contributed by atoms with van der Waals surface area (Å²) in [5, 5.41) is 16.2. The maximum absolute atomic E-state index is 13.5. The number of nitrogens with one attached hydrogen (secondary N) is 1. The van der Waals surface area contributed by atoms with Gasteiger partial charge in [-0.3, -0.25) is 9.69 Å². The molecule has 162 valence electrons. The predicted octanol–water partition coefficient (Wildman–Crippen LogP) is 5.46. The summed E-state index contributed by atoms with van der Waals surface area (Å²) in [7, 11) is 1.97. The molecule has 1 fully saturated rings. The van der Waals surface area contributed by atoms with Crippen LogP contribution in [0.1, 0.15) is 25.0 Å². The van der Waals surface area contributed by atoms with E-state index >= 15 is 0 Å². The zero-order valence-electron chi connectivity index (χ0n) is 18.1. The van der Waals surface area contributed by atoms with Gasteiger partial charge in [0.25, 0.3) is 5.91 Å². The number of aliphatic imine (C=N–C) groups is 1. The third-order valence-electron chi connectivity index (χ3n) is 5.13. The summed E-state index contributed by atoms with van der Waals surface area (Å²) in [6.45, 7) is 5.19. The Balaban J connectivity index is 1.79. The summed E-state index contributed by atoms with van der Waals surface area (Å²) in [5.41, 5.74) is 4.13. The number of rotatable bonds is 5. The van der Waals surface area contributed by atoms with Crippen LogP contribution in [0.25, 0.3) is 0 Å². The molecule has 32 heavy (non-hydrogen) atoms. The first-order valence-electron chi connectivity index (χ1n) is 10.2. The van der Waals surface area contributed by atoms with Gasteiger partial charge in [-0.25, -0.2) is 4.99 Å². The number of anilines is 1. The maximum atomic E-state index is 13.5. The number of nitriles is 1. The number of benzene rings is 2. The average Bonchev–Trinajstić information content (AvgIpc) is 3.29. The van der Waals surface area contributed by atoms with E-state index in [2.05, 4.69) is 11.4 Å². The largest absolute Gasteiger partial charge is 0.384 e. The summed E-state index contributed by atoms with van der Waals surface area (Å²) >= 11 is 2.94. The number of thioether (sulfide) groups is 2. The second kappa shape index (κ2) is 9.55. The van der Waals surface area contributed by atoms with Gasteiger partial charge in [0, 0.05) is 19.3 Å². The molecule has 2 heterocycles. The standard InChI is InChI=1S/C24H23N5OS2/c1-4-26-19-11-10-18(13-25)12-20(19)27-24-29(14-17-8-6-5-7-9-17)22(30)21(32-24)23-28(3)16(2)15-31-23/h5-12,15,26H,4,14H2,1-3H3/b23-21-,27-24?. The smallest absolute Gasteiger partial charge is 0.269 e. The molecule has 2 aromatic rings. The van der Waals surface area contributed by atoms with Crippen LogP contribution < -0.4 is 5.32 Å². The number of carbonyl (C=O) groups is 1. The minimum Gasteiger partial charge on any atom is -0.384 e. The van der Waals surface area contributed by atoms with Crippen LogP contribution >= 0.6 is 23.5 Å². The van der Waals surface area contributed by atoms with E-state index in [0.717, 1.165) is 28.5 Å². The summed E-state index contributed by atoms with van der Waals surface area (Å²) in [4.78, 5) is 22.8. The van der Waals surface area contributed by atoms with E-state index in [4.69, 9.17) is 4.99 Å². The second-order valence-electron chi connectivity index (χ2n) is 7.32. The third kappa shape index (κ3) is 4.40. The van der Waals surface area contributed by atoms with Gasteiger partial charge in [-0.05, 0) is 54.8 Å². The Morgan fingerprint density at radius 1 is 1.19 bits per heavy atom. The number of nitrogens with zero attached hydrogens (tertiary/aromatic N) is 4. The minimum absolute atomic E-state index is 0.0588. The van der Waals surface area contributed by atoms with Crippen LogP contribution in [-0.2, 0) is 11.3 Å². The molecule has 0 radical (unpaired) electrons. The van der Waals surface area contributed by atoms with Crippen molar-refractivity contribution in [3.05, 3.63) is 80.7 Å². The molecule has 2 aromatic carbocycles. The van der Waals surface area contributed by atoms with E-state index in [1.165, 1.54) is 11.8 Å². The topological polar surface area (TPSA) is 71.7 Å². The average molecular weight is 462 g/mol. The van der Waals surface area contributed by atoms with Gasteiger partial charge in [0.1, 0.15) is 4.91 Å². The molecule has 1 amide bonds. The van der Waals surface area contributed by atoms with Gasteiger partial charge in [0.15, 0.2) is 5.17 Å². The fraction of sp³-hybridized carbons (Fsp3) is 0.208. The zero-order valence-corrected chi connectivity index (χ0v) is 19.8. The van der Waals surface area contributed by atoms with Crippen LogP contribution in [-0.4, -0.2) is 34.5 Å². The Labute approximate surface area is 196 Å². The highest BCUT2D eigenvalue weighted by Gasteiger charge is 2.38. The normalized spacial score (nSPS) is 19.5. The van der Waals surface area contributed by atoms with Crippen molar-refractivity contribution in [3.8, 4) is 6.07 Å². The van der Waals surface area contributed by atoms with E-state index < -0.39 is 0 Å². The molecule has 0 saturated carbocycles. The minimum atomic E-state index is -0.0588. The Kier molecular flexibility index (Phi) is 6.58. The van der Waals surface area contributed by atoms with Crippen molar-refractivity contribution in [2.24, 2.45) is 4.99 Å². The Morgan fingerprint density at radius 3 is 2.62 bits per heavy atom. The van der Waals surface area contributed by atoms with Crippen LogP contribution in [0.15, 0.2) is 74.6 Å². The number of hydrogen-bond donors (Lipinski definition) is 1. The Hall–Kier alpha value is -3.15. The summed E-state index contributed by atoms with van der Waals surface area (Å²) in [6, 6.07) is 17.4. The van der Waals surface area contributed by atoms with Gasteiger partial charge in [-0.1, -0.05) is 42.1 Å². The van der Waals surface area contributed by atoms with Crippen molar-refractivity contribution in [2.75, 3.05) is 18.9 Å². The molecule has 2 aliphatic rings. The summed E-state index contributed by atoms with van der Waals surface area (Å²) < 4.78 is 0. The van der Waals surface area contributed by atoms with Crippen molar-refractivity contribution in [2.45, 2.75) is 20.4 Å². The molecular weight excluding hydrogens is 438 g/mol. The van der Waals surface area contributed by atoms with Crippen LogP contribution in [0.2, 0.25) is 0 Å². The van der Waals surface area contributed by atoms with Crippen LogP contribution in [0.5, 0.6) is 0 Å². The van der Waals surface area contributed by atoms with Gasteiger partial charge < -0.3 is 10.2 Å². The highest BCUT2D eigenvalue weighted by Crippen LogP contribution is 2.44. The van der Waals surface area contributed by atoms with E-state index in [1.54, 1.807) is 28.8 Å². The molecule has 0 atom stereocenters. The molecule has 2 aliphatic heterocycles. The van der Waals surface area contributed by atoms with Crippen molar-refractivity contribution >= 4 is 46.0 Å². The molecule has 1 N–H and O–H groups in total. The van der Waals surface area contributed by atoms with Gasteiger partial charge in [0.2, 0.25) is 0 Å². The fourth-order valence-electron chi connectivity index (χ4n) is 3.33. The lowest BCUT2D eigenvalue weighted by Gasteiger charge is -2.17. The molecule has 0 spiro atoms. The van der Waals surface area contributed by atoms with E-state index in [-0.39, 0.29) is 5.91 Å². The van der Waals surface area contributed by atoms with Gasteiger partial charge >= 0.3 is 0 Å². The molecule has 6 nitrogen and oxygen atoms in total. The van der Waals surface area contributed by atoms with Gasteiger partial charge in [-0.2, -0.15) is 5.26 Å². The SMILES string of the molecule is CCNc1ccc(C#N)cc1N=C1S/C(=C2\SC=C(C)N2C)C(=O)N1Cc1ccccc1. The summed E-state index contributed by atoms with van der Waals surface area (Å²) in [5.74, 6) is -0.0588. The lowest BCUT2D eigenvalue weighted by atomic mass is 10.2. The first-order valence-corrected chi connectivity index (χ1v) is 11.9. The number of hydrogen-bond acceptors (Lipinski definition) is 7. The van der Waals surface area contributed by atoms with Crippen molar-refractivity contribution in [1.29, 1.82) is 5.26 Å². The van der Waals surface area contributed by atoms with Crippen molar-refractivity contribution in [1.82, 2.24) is 9.80 Å². The number of allylic oxidation sites excluding steroid dienone is 1. The second-order valence-corrected chi connectivity index (χ2v) is 9.15. The zero-order chi connectivity index (χ0) is 22.7. The molecule has 0 bridgehead atoms. The lowest BCUT2D eigenvalue weighted by Crippen LogP contribution is -2.29. The number of carbonyl (C=O) groups excluding carboxylic acids is 1. The quantitative estimate of drug-likeness (QED) is 0.596. The predicted molar refractivity (Wildman–Crippen MR) is 133 cm³/mol. The van der Waals surface area contributed by atoms with Crippen LogP contribution in [0.3, 0.4) is 0 Å². The maximum Gasteiger partial charge on any atom is 0.269 e. The highest BCUT2D eigenvalue weighted by molar-refractivity contribution is 8.19. The molecule has 8 heteroatoms. The van der Waals surface area contributed by atoms with Crippen LogP contribution in [0, 0.1) is 11.3 Å². The van der Waals surface area contributed by atoms with Crippen molar-refractivity contribution < 1.29 is 4.79 Å². The van der Waals surface area contributed by atoms with Crippen LogP contribution in [0.4, 0.5) is 11.4 Å². The third-order valence-corrected chi connectivity index (χ3v) is 7.48. The molecule has 0 aliphatic carbocycles. The molecule has 1 saturated heterocycles.